The van der Waals surface area contributed by atoms with Crippen LogP contribution in [0.2, 0.25) is 0 Å². The van der Waals surface area contributed by atoms with Gasteiger partial charge >= 0.3 is 0 Å². The van der Waals surface area contributed by atoms with Crippen LogP contribution in [0.5, 0.6) is 0 Å². The van der Waals surface area contributed by atoms with Gasteiger partial charge in [-0.15, -0.1) is 0 Å². The third kappa shape index (κ3) is 3.71. The second-order valence-electron chi connectivity index (χ2n) is 6.62. The highest BCUT2D eigenvalue weighted by Gasteiger charge is 2.31. The van der Waals surface area contributed by atoms with Crippen molar-refractivity contribution in [3.05, 3.63) is 29.6 Å². The molecule has 0 radical (unpaired) electrons. The minimum atomic E-state index is -0.0161. The Hall–Kier alpha value is -1.91. The Balaban J connectivity index is 1.55. The lowest BCUT2D eigenvalue weighted by atomic mass is 9.94. The zero-order chi connectivity index (χ0) is 16.2. The summed E-state index contributed by atoms with van der Waals surface area (Å²) in [5.41, 5.74) is 1.36. The molecule has 0 N–H and O–H groups in total. The summed E-state index contributed by atoms with van der Waals surface area (Å²) in [7, 11) is 0. The van der Waals surface area contributed by atoms with E-state index in [0.29, 0.717) is 24.7 Å². The first kappa shape index (κ1) is 16.0. The average molecular weight is 315 g/mol. The lowest BCUT2D eigenvalue weighted by Gasteiger charge is -2.35. The molecule has 2 aliphatic rings. The molecule has 2 fully saturated rings. The number of aryl methyl sites for hydroxylation is 1. The predicted octanol–water partition coefficient (Wildman–Crippen LogP) is 2.25. The standard InChI is InChI=1S/C18H25N3O2/c1-14-6-5-7-16(19-14)18(23)21-12-8-15(9-13-21)17(22)20-10-3-2-4-11-20/h5-7,15H,2-4,8-13H2,1H3. The SMILES string of the molecule is Cc1cccc(C(=O)N2CCC(C(=O)N3CCCCC3)CC2)n1. The van der Waals surface area contributed by atoms with Crippen molar-refractivity contribution in [3.63, 3.8) is 0 Å². The van der Waals surface area contributed by atoms with Gasteiger partial charge in [-0.25, -0.2) is 4.98 Å². The maximum absolute atomic E-state index is 12.6. The van der Waals surface area contributed by atoms with E-state index < -0.39 is 0 Å². The van der Waals surface area contributed by atoms with Gasteiger partial charge in [0, 0.05) is 37.8 Å². The van der Waals surface area contributed by atoms with E-state index in [2.05, 4.69) is 4.98 Å². The van der Waals surface area contributed by atoms with Gasteiger partial charge in [-0.2, -0.15) is 0 Å². The van der Waals surface area contributed by atoms with Crippen molar-refractivity contribution >= 4 is 11.8 Å². The molecule has 2 amide bonds. The van der Waals surface area contributed by atoms with Crippen molar-refractivity contribution in [2.75, 3.05) is 26.2 Å². The number of amides is 2. The number of nitrogens with zero attached hydrogens (tertiary/aromatic N) is 3. The van der Waals surface area contributed by atoms with Crippen LogP contribution in [0.3, 0.4) is 0 Å². The average Bonchev–Trinajstić information content (AvgIpc) is 2.61. The van der Waals surface area contributed by atoms with Crippen LogP contribution in [0.25, 0.3) is 0 Å². The monoisotopic (exact) mass is 315 g/mol. The highest BCUT2D eigenvalue weighted by atomic mass is 16.2. The van der Waals surface area contributed by atoms with Crippen LogP contribution in [-0.2, 0) is 4.79 Å². The molecule has 0 atom stereocenters. The van der Waals surface area contributed by atoms with Crippen molar-refractivity contribution < 1.29 is 9.59 Å². The number of hydrogen-bond donors (Lipinski definition) is 0. The summed E-state index contributed by atoms with van der Waals surface area (Å²) in [4.78, 5) is 33.2. The van der Waals surface area contributed by atoms with Crippen molar-refractivity contribution in [1.29, 1.82) is 0 Å². The maximum Gasteiger partial charge on any atom is 0.272 e. The van der Waals surface area contributed by atoms with E-state index in [9.17, 15) is 9.59 Å². The van der Waals surface area contributed by atoms with E-state index in [-0.39, 0.29) is 11.8 Å². The second-order valence-corrected chi connectivity index (χ2v) is 6.62. The molecule has 0 unspecified atom stereocenters. The highest BCUT2D eigenvalue weighted by molar-refractivity contribution is 5.92. The second kappa shape index (κ2) is 7.11. The summed E-state index contributed by atoms with van der Waals surface area (Å²) >= 11 is 0. The summed E-state index contributed by atoms with van der Waals surface area (Å²) < 4.78 is 0. The molecule has 2 saturated heterocycles. The Kier molecular flexibility index (Phi) is 4.94. The Morgan fingerprint density at radius 3 is 2.35 bits per heavy atom. The van der Waals surface area contributed by atoms with E-state index in [1.54, 1.807) is 6.07 Å². The Morgan fingerprint density at radius 2 is 1.70 bits per heavy atom. The van der Waals surface area contributed by atoms with Gasteiger partial charge in [0.2, 0.25) is 5.91 Å². The van der Waals surface area contributed by atoms with Gasteiger partial charge in [0.15, 0.2) is 0 Å². The third-order valence-electron chi connectivity index (χ3n) is 4.91. The van der Waals surface area contributed by atoms with Crippen LogP contribution in [0.1, 0.15) is 48.3 Å². The molecule has 5 heteroatoms. The molecule has 2 aliphatic heterocycles. The van der Waals surface area contributed by atoms with Gasteiger partial charge in [-0.3, -0.25) is 9.59 Å². The molecule has 3 heterocycles. The van der Waals surface area contributed by atoms with Crippen molar-refractivity contribution in [2.45, 2.75) is 39.0 Å². The highest BCUT2D eigenvalue weighted by Crippen LogP contribution is 2.22. The number of carbonyl (C=O) groups excluding carboxylic acids is 2. The summed E-state index contributed by atoms with van der Waals surface area (Å²) in [6.45, 7) is 5.01. The molecule has 0 spiro atoms. The van der Waals surface area contributed by atoms with Crippen LogP contribution < -0.4 is 0 Å². The first-order chi connectivity index (χ1) is 11.1. The molecular weight excluding hydrogens is 290 g/mol. The molecule has 0 aliphatic carbocycles. The van der Waals surface area contributed by atoms with Crippen LogP contribution in [0.4, 0.5) is 0 Å². The topological polar surface area (TPSA) is 53.5 Å². The van der Waals surface area contributed by atoms with Crippen molar-refractivity contribution in [1.82, 2.24) is 14.8 Å². The minimum absolute atomic E-state index is 0.0161. The van der Waals surface area contributed by atoms with Gasteiger partial charge < -0.3 is 9.80 Å². The number of rotatable bonds is 2. The molecule has 1 aromatic heterocycles. The van der Waals surface area contributed by atoms with Gasteiger partial charge in [0.05, 0.1) is 0 Å². The molecule has 5 nitrogen and oxygen atoms in total. The quantitative estimate of drug-likeness (QED) is 0.841. The largest absolute Gasteiger partial charge is 0.342 e. The molecule has 0 aromatic carbocycles. The lowest BCUT2D eigenvalue weighted by molar-refractivity contribution is -0.137. The van der Waals surface area contributed by atoms with Gasteiger partial charge in [-0.05, 0) is 51.2 Å². The molecule has 124 valence electrons. The van der Waals surface area contributed by atoms with Gasteiger partial charge in [0.1, 0.15) is 5.69 Å². The summed E-state index contributed by atoms with van der Waals surface area (Å²) in [6.07, 6.45) is 5.03. The first-order valence-corrected chi connectivity index (χ1v) is 8.67. The van der Waals surface area contributed by atoms with Crippen LogP contribution >= 0.6 is 0 Å². The van der Waals surface area contributed by atoms with Crippen LogP contribution in [0.15, 0.2) is 18.2 Å². The Bertz CT molecular complexity index is 573. The maximum atomic E-state index is 12.6. The first-order valence-electron chi connectivity index (χ1n) is 8.67. The molecule has 1 aromatic rings. The fraction of sp³-hybridized carbons (Fsp3) is 0.611. The Morgan fingerprint density at radius 1 is 1.00 bits per heavy atom. The van der Waals surface area contributed by atoms with Gasteiger partial charge in [-0.1, -0.05) is 6.07 Å². The van der Waals surface area contributed by atoms with E-state index in [1.165, 1.54) is 6.42 Å². The smallest absolute Gasteiger partial charge is 0.272 e. The molecule has 0 saturated carbocycles. The predicted molar refractivity (Wildman–Crippen MR) is 88.0 cm³/mol. The number of piperidine rings is 2. The summed E-state index contributed by atoms with van der Waals surface area (Å²) in [5.74, 6) is 0.366. The number of carbonyl (C=O) groups is 2. The van der Waals surface area contributed by atoms with E-state index in [0.717, 1.165) is 44.5 Å². The van der Waals surface area contributed by atoms with E-state index in [1.807, 2.05) is 28.9 Å². The van der Waals surface area contributed by atoms with Crippen LogP contribution in [-0.4, -0.2) is 52.8 Å². The normalized spacial score (nSPS) is 19.7. The zero-order valence-corrected chi connectivity index (χ0v) is 13.8. The van der Waals surface area contributed by atoms with Crippen molar-refractivity contribution in [3.8, 4) is 0 Å². The van der Waals surface area contributed by atoms with Crippen molar-refractivity contribution in [2.24, 2.45) is 5.92 Å². The third-order valence-corrected chi connectivity index (χ3v) is 4.91. The van der Waals surface area contributed by atoms with E-state index >= 15 is 0 Å². The molecule has 23 heavy (non-hydrogen) atoms. The number of aromatic nitrogens is 1. The number of pyridine rings is 1. The molecule has 3 rings (SSSR count). The zero-order valence-electron chi connectivity index (χ0n) is 13.8. The van der Waals surface area contributed by atoms with E-state index in [4.69, 9.17) is 0 Å². The lowest BCUT2D eigenvalue weighted by Crippen LogP contribution is -2.45. The fourth-order valence-electron chi connectivity index (χ4n) is 3.53. The fourth-order valence-corrected chi connectivity index (χ4v) is 3.53. The van der Waals surface area contributed by atoms with Crippen LogP contribution in [0, 0.1) is 12.8 Å². The van der Waals surface area contributed by atoms with Gasteiger partial charge in [0.25, 0.3) is 5.91 Å². The number of hydrogen-bond acceptors (Lipinski definition) is 3. The Labute approximate surface area is 137 Å². The number of likely N-dealkylation sites (tertiary alicyclic amines) is 2. The summed E-state index contributed by atoms with van der Waals surface area (Å²) in [5, 5.41) is 0. The summed E-state index contributed by atoms with van der Waals surface area (Å²) in [6, 6.07) is 5.52. The molecule has 0 bridgehead atoms. The molecular formula is C18H25N3O2. The minimum Gasteiger partial charge on any atom is -0.342 e.